The van der Waals surface area contributed by atoms with Gasteiger partial charge < -0.3 is 9.84 Å². The topological polar surface area (TPSA) is 29.5 Å². The number of halogens is 1. The molecule has 0 unspecified atom stereocenters. The van der Waals surface area contributed by atoms with Gasteiger partial charge in [-0.15, -0.1) is 0 Å². The lowest BCUT2D eigenvalue weighted by Crippen LogP contribution is -2.02. The number of methoxy groups -OCH3 is 1. The average Bonchev–Trinajstić information content (AvgIpc) is 2.42. The number of benzene rings is 1. The van der Waals surface area contributed by atoms with Gasteiger partial charge in [0.05, 0.1) is 13.2 Å². The SMILES string of the molecule is COc1ccc(Cl)c2c1CCCC[C@@H]2O. The van der Waals surface area contributed by atoms with Crippen LogP contribution in [-0.2, 0) is 6.42 Å². The molecule has 0 fully saturated rings. The summed E-state index contributed by atoms with van der Waals surface area (Å²) >= 11 is 6.12. The molecule has 1 N–H and O–H groups in total. The molecule has 0 spiro atoms. The fourth-order valence-corrected chi connectivity index (χ4v) is 2.51. The molecule has 2 rings (SSSR count). The minimum absolute atomic E-state index is 0.440. The summed E-state index contributed by atoms with van der Waals surface area (Å²) in [5, 5.41) is 10.7. The molecule has 2 nitrogen and oxygen atoms in total. The van der Waals surface area contributed by atoms with Gasteiger partial charge in [-0.1, -0.05) is 18.0 Å². The van der Waals surface area contributed by atoms with Gasteiger partial charge in [0.2, 0.25) is 0 Å². The Morgan fingerprint density at radius 3 is 2.93 bits per heavy atom. The molecular weight excluding hydrogens is 212 g/mol. The molecule has 1 aromatic carbocycles. The highest BCUT2D eigenvalue weighted by Crippen LogP contribution is 2.38. The summed E-state index contributed by atoms with van der Waals surface area (Å²) in [5.74, 6) is 0.843. The number of aliphatic hydroxyl groups excluding tert-OH is 1. The smallest absolute Gasteiger partial charge is 0.122 e. The monoisotopic (exact) mass is 226 g/mol. The van der Waals surface area contributed by atoms with Crippen LogP contribution in [0.5, 0.6) is 5.75 Å². The van der Waals surface area contributed by atoms with Crippen LogP contribution in [0.15, 0.2) is 12.1 Å². The van der Waals surface area contributed by atoms with Crippen molar-refractivity contribution in [1.29, 1.82) is 0 Å². The van der Waals surface area contributed by atoms with Gasteiger partial charge in [0.1, 0.15) is 5.75 Å². The van der Waals surface area contributed by atoms with Crippen LogP contribution in [0.1, 0.15) is 36.5 Å². The van der Waals surface area contributed by atoms with Crippen molar-refractivity contribution in [2.24, 2.45) is 0 Å². The van der Waals surface area contributed by atoms with E-state index >= 15 is 0 Å². The normalized spacial score (nSPS) is 20.6. The number of ether oxygens (including phenoxy) is 1. The maximum atomic E-state index is 10.0. The van der Waals surface area contributed by atoms with Gasteiger partial charge in [-0.05, 0) is 31.4 Å². The van der Waals surface area contributed by atoms with Gasteiger partial charge in [0.25, 0.3) is 0 Å². The second-order valence-corrected chi connectivity index (χ2v) is 4.31. The quantitative estimate of drug-likeness (QED) is 0.746. The minimum Gasteiger partial charge on any atom is -0.496 e. The highest BCUT2D eigenvalue weighted by Gasteiger charge is 2.22. The molecule has 1 aliphatic rings. The largest absolute Gasteiger partial charge is 0.496 e. The minimum atomic E-state index is -0.440. The Bertz CT molecular complexity index is 363. The zero-order valence-electron chi connectivity index (χ0n) is 8.79. The van der Waals surface area contributed by atoms with E-state index in [9.17, 15) is 5.11 Å². The van der Waals surface area contributed by atoms with Crippen LogP contribution in [0.3, 0.4) is 0 Å². The molecular formula is C12H15ClO2. The van der Waals surface area contributed by atoms with Crippen LogP contribution in [0.2, 0.25) is 5.02 Å². The maximum Gasteiger partial charge on any atom is 0.122 e. The van der Waals surface area contributed by atoms with Crippen LogP contribution in [0.25, 0.3) is 0 Å². The third kappa shape index (κ3) is 1.97. The second kappa shape index (κ2) is 4.42. The third-order valence-corrected chi connectivity index (χ3v) is 3.30. The van der Waals surface area contributed by atoms with Crippen molar-refractivity contribution in [2.45, 2.75) is 31.8 Å². The van der Waals surface area contributed by atoms with E-state index in [2.05, 4.69) is 0 Å². The molecule has 82 valence electrons. The molecule has 1 aromatic rings. The standard InChI is InChI=1S/C12H15ClO2/c1-15-11-7-6-9(13)12-8(11)4-2-3-5-10(12)14/h6-7,10,14H,2-5H2,1H3/t10-/m0/s1. The van der Waals surface area contributed by atoms with Gasteiger partial charge in [0.15, 0.2) is 0 Å². The molecule has 15 heavy (non-hydrogen) atoms. The molecule has 0 saturated heterocycles. The van der Waals surface area contributed by atoms with Gasteiger partial charge in [-0.2, -0.15) is 0 Å². The van der Waals surface area contributed by atoms with Crippen LogP contribution >= 0.6 is 11.6 Å². The molecule has 1 aliphatic carbocycles. The summed E-state index contributed by atoms with van der Waals surface area (Å²) in [7, 11) is 1.65. The molecule has 1 atom stereocenters. The Hall–Kier alpha value is -0.730. The summed E-state index contributed by atoms with van der Waals surface area (Å²) in [6.07, 6.45) is 3.41. The predicted octanol–water partition coefficient (Wildman–Crippen LogP) is 3.11. The van der Waals surface area contributed by atoms with Crippen LogP contribution < -0.4 is 4.74 Å². The lowest BCUT2D eigenvalue weighted by molar-refractivity contribution is 0.166. The van der Waals surface area contributed by atoms with E-state index in [0.717, 1.165) is 42.6 Å². The molecule has 3 heteroatoms. The van der Waals surface area contributed by atoms with Crippen molar-refractivity contribution in [2.75, 3.05) is 7.11 Å². The number of rotatable bonds is 1. The van der Waals surface area contributed by atoms with E-state index in [1.54, 1.807) is 13.2 Å². The lowest BCUT2D eigenvalue weighted by Gasteiger charge is -2.16. The molecule has 0 amide bonds. The maximum absolute atomic E-state index is 10.0. The molecule has 0 aromatic heterocycles. The van der Waals surface area contributed by atoms with E-state index in [-0.39, 0.29) is 0 Å². The summed E-state index contributed by atoms with van der Waals surface area (Å²) in [5.41, 5.74) is 1.95. The van der Waals surface area contributed by atoms with Crippen molar-refractivity contribution in [3.05, 3.63) is 28.3 Å². The first kappa shape index (κ1) is 10.8. The predicted molar refractivity (Wildman–Crippen MR) is 60.5 cm³/mol. The third-order valence-electron chi connectivity index (χ3n) is 2.97. The molecule has 0 radical (unpaired) electrons. The first-order valence-corrected chi connectivity index (χ1v) is 5.65. The van der Waals surface area contributed by atoms with E-state index in [1.165, 1.54) is 0 Å². The van der Waals surface area contributed by atoms with Gasteiger partial charge in [-0.25, -0.2) is 0 Å². The summed E-state index contributed by atoms with van der Waals surface area (Å²) in [4.78, 5) is 0. The fraction of sp³-hybridized carbons (Fsp3) is 0.500. The molecule has 0 heterocycles. The van der Waals surface area contributed by atoms with Gasteiger partial charge >= 0.3 is 0 Å². The van der Waals surface area contributed by atoms with Crippen LogP contribution in [0, 0.1) is 0 Å². The Balaban J connectivity index is 2.55. The molecule has 0 bridgehead atoms. The fourth-order valence-electron chi connectivity index (χ4n) is 2.21. The van der Waals surface area contributed by atoms with Crippen molar-refractivity contribution in [3.8, 4) is 5.75 Å². The highest BCUT2D eigenvalue weighted by molar-refractivity contribution is 6.31. The van der Waals surface area contributed by atoms with E-state index in [0.29, 0.717) is 5.02 Å². The molecule has 0 aliphatic heterocycles. The van der Waals surface area contributed by atoms with E-state index in [4.69, 9.17) is 16.3 Å². The number of aliphatic hydroxyl groups is 1. The van der Waals surface area contributed by atoms with E-state index in [1.807, 2.05) is 6.07 Å². The van der Waals surface area contributed by atoms with Crippen molar-refractivity contribution >= 4 is 11.6 Å². The average molecular weight is 227 g/mol. The zero-order valence-corrected chi connectivity index (χ0v) is 9.55. The summed E-state index contributed by atoms with van der Waals surface area (Å²) < 4.78 is 5.30. The first-order valence-electron chi connectivity index (χ1n) is 5.27. The Morgan fingerprint density at radius 2 is 2.20 bits per heavy atom. The number of fused-ring (bicyclic) bond motifs is 1. The second-order valence-electron chi connectivity index (χ2n) is 3.90. The Morgan fingerprint density at radius 1 is 1.40 bits per heavy atom. The van der Waals surface area contributed by atoms with Crippen molar-refractivity contribution in [3.63, 3.8) is 0 Å². The van der Waals surface area contributed by atoms with Crippen LogP contribution in [0.4, 0.5) is 0 Å². The van der Waals surface area contributed by atoms with Gasteiger partial charge in [0, 0.05) is 16.1 Å². The van der Waals surface area contributed by atoms with Gasteiger partial charge in [-0.3, -0.25) is 0 Å². The van der Waals surface area contributed by atoms with E-state index < -0.39 is 6.10 Å². The number of hydrogen-bond acceptors (Lipinski definition) is 2. The Kier molecular flexibility index (Phi) is 3.17. The summed E-state index contributed by atoms with van der Waals surface area (Å²) in [6, 6.07) is 3.67. The first-order chi connectivity index (χ1) is 7.24. The van der Waals surface area contributed by atoms with Crippen molar-refractivity contribution in [1.82, 2.24) is 0 Å². The summed E-state index contributed by atoms with van der Waals surface area (Å²) in [6.45, 7) is 0. The van der Waals surface area contributed by atoms with Crippen molar-refractivity contribution < 1.29 is 9.84 Å². The molecule has 0 saturated carbocycles. The number of hydrogen-bond donors (Lipinski definition) is 1. The lowest BCUT2D eigenvalue weighted by atomic mass is 10.00. The Labute approximate surface area is 94.8 Å². The van der Waals surface area contributed by atoms with Crippen LogP contribution in [-0.4, -0.2) is 12.2 Å². The zero-order chi connectivity index (χ0) is 10.8. The highest BCUT2D eigenvalue weighted by atomic mass is 35.5.